The highest BCUT2D eigenvalue weighted by Crippen LogP contribution is 2.20. The van der Waals surface area contributed by atoms with Gasteiger partial charge in [-0.15, -0.1) is 0 Å². The minimum atomic E-state index is -0.322. The molecule has 0 spiro atoms. The van der Waals surface area contributed by atoms with Gasteiger partial charge in [0.25, 0.3) is 5.91 Å². The highest BCUT2D eigenvalue weighted by atomic mass is 35.5. The second kappa shape index (κ2) is 6.25. The number of hydrogen-bond acceptors (Lipinski definition) is 3. The highest BCUT2D eigenvalue weighted by molar-refractivity contribution is 6.33. The summed E-state index contributed by atoms with van der Waals surface area (Å²) >= 11 is 5.94. The summed E-state index contributed by atoms with van der Waals surface area (Å²) in [5.74, 6) is -0.606. The van der Waals surface area contributed by atoms with Crippen molar-refractivity contribution in [2.75, 3.05) is 18.9 Å². The van der Waals surface area contributed by atoms with Crippen LogP contribution in [0.4, 0.5) is 5.69 Å². The van der Waals surface area contributed by atoms with E-state index in [-0.39, 0.29) is 18.4 Å². The molecule has 1 aromatic heterocycles. The average molecular weight is 293 g/mol. The van der Waals surface area contributed by atoms with Crippen LogP contribution in [0.25, 0.3) is 0 Å². The number of anilines is 1. The molecule has 5 nitrogen and oxygen atoms in total. The third-order valence-electron chi connectivity index (χ3n) is 2.64. The highest BCUT2D eigenvalue weighted by Gasteiger charge is 2.16. The summed E-state index contributed by atoms with van der Waals surface area (Å²) < 4.78 is 4.84. The molecule has 6 heteroatoms. The minimum Gasteiger partial charge on any atom is -0.472 e. The van der Waals surface area contributed by atoms with E-state index < -0.39 is 0 Å². The van der Waals surface area contributed by atoms with Gasteiger partial charge in [-0.1, -0.05) is 23.7 Å². The lowest BCUT2D eigenvalue weighted by Crippen LogP contribution is -2.34. The first kappa shape index (κ1) is 14.1. The molecule has 0 aliphatic carbocycles. The average Bonchev–Trinajstić information content (AvgIpc) is 2.94. The van der Waals surface area contributed by atoms with Gasteiger partial charge < -0.3 is 14.6 Å². The smallest absolute Gasteiger partial charge is 0.257 e. The number of benzene rings is 1. The SMILES string of the molecule is CN(CC(=O)Nc1ccccc1Cl)C(=O)c1ccoc1. The Bertz CT molecular complexity index is 611. The van der Waals surface area contributed by atoms with E-state index in [2.05, 4.69) is 5.32 Å². The Balaban J connectivity index is 1.95. The molecule has 2 aromatic rings. The van der Waals surface area contributed by atoms with Gasteiger partial charge in [0, 0.05) is 7.05 Å². The number of hydrogen-bond donors (Lipinski definition) is 1. The van der Waals surface area contributed by atoms with Crippen LogP contribution in [0.1, 0.15) is 10.4 Å². The van der Waals surface area contributed by atoms with Gasteiger partial charge in [-0.25, -0.2) is 0 Å². The van der Waals surface area contributed by atoms with Crippen LogP contribution in [0, 0.1) is 0 Å². The van der Waals surface area contributed by atoms with Gasteiger partial charge in [0.15, 0.2) is 0 Å². The molecule has 0 aliphatic heterocycles. The number of likely N-dealkylation sites (N-methyl/N-ethyl adjacent to an activating group) is 1. The molecule has 0 saturated carbocycles. The number of nitrogens with one attached hydrogen (secondary N) is 1. The van der Waals surface area contributed by atoms with Crippen molar-refractivity contribution in [3.05, 3.63) is 53.4 Å². The molecule has 0 aliphatic rings. The number of amides is 2. The second-order valence-corrected chi connectivity index (χ2v) is 4.61. The molecular formula is C14H13ClN2O3. The predicted octanol–water partition coefficient (Wildman–Crippen LogP) is 2.64. The lowest BCUT2D eigenvalue weighted by Gasteiger charge is -2.16. The maximum absolute atomic E-state index is 11.9. The van der Waals surface area contributed by atoms with Crippen molar-refractivity contribution in [1.29, 1.82) is 0 Å². The number of para-hydroxylation sites is 1. The zero-order valence-electron chi connectivity index (χ0n) is 10.8. The number of furan rings is 1. The summed E-state index contributed by atoms with van der Waals surface area (Å²) in [5, 5.41) is 3.10. The van der Waals surface area contributed by atoms with E-state index in [0.717, 1.165) is 0 Å². The zero-order valence-corrected chi connectivity index (χ0v) is 11.6. The van der Waals surface area contributed by atoms with Crippen molar-refractivity contribution in [1.82, 2.24) is 4.90 Å². The Morgan fingerprint density at radius 1 is 1.30 bits per heavy atom. The van der Waals surface area contributed by atoms with Crippen molar-refractivity contribution in [3.8, 4) is 0 Å². The number of nitrogens with zero attached hydrogens (tertiary/aromatic N) is 1. The summed E-state index contributed by atoms with van der Waals surface area (Å²) in [6.45, 7) is -0.0742. The molecule has 0 atom stereocenters. The van der Waals surface area contributed by atoms with E-state index in [0.29, 0.717) is 16.3 Å². The van der Waals surface area contributed by atoms with Crippen molar-refractivity contribution in [2.24, 2.45) is 0 Å². The molecule has 20 heavy (non-hydrogen) atoms. The Morgan fingerprint density at radius 2 is 2.05 bits per heavy atom. The molecule has 2 rings (SSSR count). The molecule has 2 amide bonds. The van der Waals surface area contributed by atoms with Gasteiger partial charge in [-0.2, -0.15) is 0 Å². The topological polar surface area (TPSA) is 62.6 Å². The maximum Gasteiger partial charge on any atom is 0.257 e. The molecule has 0 unspecified atom stereocenters. The third-order valence-corrected chi connectivity index (χ3v) is 2.97. The van der Waals surface area contributed by atoms with E-state index in [9.17, 15) is 9.59 Å². The Morgan fingerprint density at radius 3 is 2.70 bits per heavy atom. The van der Waals surface area contributed by atoms with Crippen LogP contribution >= 0.6 is 11.6 Å². The summed E-state index contributed by atoms with van der Waals surface area (Å²) in [6, 6.07) is 8.45. The summed E-state index contributed by atoms with van der Waals surface area (Å²) in [5.41, 5.74) is 0.918. The fourth-order valence-corrected chi connectivity index (χ4v) is 1.83. The molecular weight excluding hydrogens is 280 g/mol. The number of carbonyl (C=O) groups excluding carboxylic acids is 2. The van der Waals surface area contributed by atoms with Crippen LogP contribution in [0.15, 0.2) is 47.3 Å². The fourth-order valence-electron chi connectivity index (χ4n) is 1.65. The fraction of sp³-hybridized carbons (Fsp3) is 0.143. The van der Waals surface area contributed by atoms with Crippen LogP contribution in [0.2, 0.25) is 5.02 Å². The molecule has 1 N–H and O–H groups in total. The predicted molar refractivity (Wildman–Crippen MR) is 75.8 cm³/mol. The quantitative estimate of drug-likeness (QED) is 0.942. The van der Waals surface area contributed by atoms with Crippen molar-refractivity contribution in [3.63, 3.8) is 0 Å². The first-order valence-corrected chi connectivity index (χ1v) is 6.28. The van der Waals surface area contributed by atoms with Gasteiger partial charge in [0.05, 0.1) is 29.1 Å². The number of rotatable bonds is 4. The van der Waals surface area contributed by atoms with Crippen LogP contribution in [0.3, 0.4) is 0 Å². The van der Waals surface area contributed by atoms with Gasteiger partial charge >= 0.3 is 0 Å². The van der Waals surface area contributed by atoms with Gasteiger partial charge in [-0.3, -0.25) is 9.59 Å². The summed E-state index contributed by atoms with van der Waals surface area (Å²) in [4.78, 5) is 25.1. The van der Waals surface area contributed by atoms with E-state index in [1.807, 2.05) is 0 Å². The van der Waals surface area contributed by atoms with Crippen LogP contribution in [-0.4, -0.2) is 30.3 Å². The van der Waals surface area contributed by atoms with Crippen molar-refractivity contribution < 1.29 is 14.0 Å². The van der Waals surface area contributed by atoms with E-state index in [1.165, 1.54) is 17.4 Å². The van der Waals surface area contributed by atoms with Crippen LogP contribution < -0.4 is 5.32 Å². The standard InChI is InChI=1S/C14H13ClN2O3/c1-17(14(19)10-6-7-20-9-10)8-13(18)16-12-5-3-2-4-11(12)15/h2-7,9H,8H2,1H3,(H,16,18). The Kier molecular flexibility index (Phi) is 4.42. The molecule has 1 aromatic carbocycles. The molecule has 104 valence electrons. The molecule has 0 fully saturated rings. The lowest BCUT2D eigenvalue weighted by atomic mass is 10.3. The third kappa shape index (κ3) is 3.39. The maximum atomic E-state index is 11.9. The van der Waals surface area contributed by atoms with Gasteiger partial charge in [0.1, 0.15) is 6.26 Å². The Hall–Kier alpha value is -2.27. The van der Waals surface area contributed by atoms with Gasteiger partial charge in [0.2, 0.25) is 5.91 Å². The normalized spacial score (nSPS) is 10.1. The van der Waals surface area contributed by atoms with Crippen LogP contribution in [0.5, 0.6) is 0 Å². The van der Waals surface area contributed by atoms with E-state index in [1.54, 1.807) is 37.4 Å². The summed E-state index contributed by atoms with van der Waals surface area (Å²) in [6.07, 6.45) is 2.75. The van der Waals surface area contributed by atoms with Crippen molar-refractivity contribution in [2.45, 2.75) is 0 Å². The molecule has 1 heterocycles. The summed E-state index contributed by atoms with van der Waals surface area (Å²) in [7, 11) is 1.54. The van der Waals surface area contributed by atoms with Crippen LogP contribution in [-0.2, 0) is 4.79 Å². The molecule has 0 bridgehead atoms. The molecule has 0 saturated heterocycles. The zero-order chi connectivity index (χ0) is 14.5. The minimum absolute atomic E-state index is 0.0742. The molecule has 0 radical (unpaired) electrons. The first-order valence-electron chi connectivity index (χ1n) is 5.90. The van der Waals surface area contributed by atoms with E-state index >= 15 is 0 Å². The second-order valence-electron chi connectivity index (χ2n) is 4.20. The Labute approximate surface area is 121 Å². The van der Waals surface area contributed by atoms with E-state index in [4.69, 9.17) is 16.0 Å². The van der Waals surface area contributed by atoms with Crippen molar-refractivity contribution >= 4 is 29.1 Å². The monoisotopic (exact) mass is 292 g/mol. The number of halogens is 1. The lowest BCUT2D eigenvalue weighted by molar-refractivity contribution is -0.116. The first-order chi connectivity index (χ1) is 9.58. The largest absolute Gasteiger partial charge is 0.472 e. The number of carbonyl (C=O) groups is 2. The van der Waals surface area contributed by atoms with Gasteiger partial charge in [-0.05, 0) is 18.2 Å².